The molecule has 8 heteroatoms. The van der Waals surface area contributed by atoms with E-state index in [1.165, 1.54) is 18.2 Å². The lowest BCUT2D eigenvalue weighted by atomic mass is 9.81. The fourth-order valence-corrected chi connectivity index (χ4v) is 5.88. The van der Waals surface area contributed by atoms with Gasteiger partial charge in [-0.05, 0) is 60.0 Å². The number of hydrogen-bond donors (Lipinski definition) is 0. The summed E-state index contributed by atoms with van der Waals surface area (Å²) < 4.78 is 0. The number of fused-ring (bicyclic) bond motifs is 1. The van der Waals surface area contributed by atoms with Gasteiger partial charge < -0.3 is 0 Å². The highest BCUT2D eigenvalue weighted by molar-refractivity contribution is 6.37. The topological polar surface area (TPSA) is 89.3 Å². The number of nitriles is 2. The van der Waals surface area contributed by atoms with E-state index in [9.17, 15) is 14.9 Å². The van der Waals surface area contributed by atoms with Crippen molar-refractivity contribution in [2.24, 2.45) is 5.92 Å². The van der Waals surface area contributed by atoms with Gasteiger partial charge in [-0.25, -0.2) is 4.90 Å². The molecule has 0 spiro atoms. The summed E-state index contributed by atoms with van der Waals surface area (Å²) in [4.78, 5) is 32.7. The maximum absolute atomic E-state index is 13.9. The van der Waals surface area contributed by atoms with Crippen molar-refractivity contribution in [2.75, 3.05) is 4.90 Å². The van der Waals surface area contributed by atoms with Gasteiger partial charge in [0.2, 0.25) is 5.91 Å². The minimum absolute atomic E-state index is 0.250. The van der Waals surface area contributed by atoms with Crippen LogP contribution in [0.2, 0.25) is 10.0 Å². The molecule has 3 aromatic rings. The summed E-state index contributed by atoms with van der Waals surface area (Å²) in [5.41, 5.74) is 0.0676. The van der Waals surface area contributed by atoms with Gasteiger partial charge in [0, 0.05) is 10.0 Å². The first-order chi connectivity index (χ1) is 16.8. The number of rotatable bonds is 4. The lowest BCUT2D eigenvalue weighted by Gasteiger charge is -2.24. The van der Waals surface area contributed by atoms with E-state index in [4.69, 9.17) is 35.0 Å². The molecular formula is C27H15Cl2N4O2+. The van der Waals surface area contributed by atoms with Gasteiger partial charge >= 0.3 is 11.4 Å². The van der Waals surface area contributed by atoms with Crippen molar-refractivity contribution in [1.29, 1.82) is 10.5 Å². The first-order valence-electron chi connectivity index (χ1n) is 10.6. The second-order valence-corrected chi connectivity index (χ2v) is 9.45. The fourth-order valence-electron chi connectivity index (χ4n) is 5.37. The fraction of sp³-hybridized carbons (Fsp3) is 0.148. The highest BCUT2D eigenvalue weighted by atomic mass is 35.5. The van der Waals surface area contributed by atoms with Gasteiger partial charge in [0.15, 0.2) is 5.92 Å². The van der Waals surface area contributed by atoms with Crippen molar-refractivity contribution < 1.29 is 9.59 Å². The standard InChI is InChI=1S/C27H15Cl2N4O2/c1-32-27-23(24(34)33(25(27)35)22-11-20(28)10-21(29)12-22)26(27,19-8-6-18(15-31)7-9-19)13-16-2-4-17(14-30)5-3-16/h1-12,23H,13H2/q+1/t23-,26+,27-/m1/s1. The Morgan fingerprint density at radius 3 is 1.94 bits per heavy atom. The number of carbonyl (C=O) groups is 2. The van der Waals surface area contributed by atoms with E-state index in [1.807, 2.05) is 0 Å². The molecule has 2 aliphatic rings. The molecule has 5 rings (SSSR count). The summed E-state index contributed by atoms with van der Waals surface area (Å²) in [5.74, 6) is -1.89. The molecule has 1 saturated carbocycles. The molecule has 1 saturated heterocycles. The van der Waals surface area contributed by atoms with Crippen LogP contribution in [0.25, 0.3) is 4.85 Å². The Kier molecular flexibility index (Phi) is 5.15. The van der Waals surface area contributed by atoms with E-state index in [0.717, 1.165) is 10.5 Å². The van der Waals surface area contributed by atoms with Crippen molar-refractivity contribution >= 4 is 40.7 Å². The maximum atomic E-state index is 13.9. The van der Waals surface area contributed by atoms with Gasteiger partial charge in [-0.1, -0.05) is 52.3 Å². The number of hydrogen-bond acceptors (Lipinski definition) is 4. The molecule has 0 bridgehead atoms. The summed E-state index contributed by atoms with van der Waals surface area (Å²) in [6, 6.07) is 22.3. The predicted molar refractivity (Wildman–Crippen MR) is 131 cm³/mol. The predicted octanol–water partition coefficient (Wildman–Crippen LogP) is 5.12. The third-order valence-electron chi connectivity index (χ3n) is 6.91. The van der Waals surface area contributed by atoms with Gasteiger partial charge in [0.1, 0.15) is 5.41 Å². The average Bonchev–Trinajstić information content (AvgIpc) is 3.38. The van der Waals surface area contributed by atoms with Crippen molar-refractivity contribution in [3.8, 4) is 18.7 Å². The molecule has 3 atom stereocenters. The van der Waals surface area contributed by atoms with Crippen LogP contribution in [0, 0.1) is 35.2 Å². The molecule has 1 heterocycles. The molecule has 1 aliphatic heterocycles. The van der Waals surface area contributed by atoms with Crippen LogP contribution in [0.15, 0.2) is 66.7 Å². The quantitative estimate of drug-likeness (QED) is 0.467. The third-order valence-corrected chi connectivity index (χ3v) is 7.34. The van der Waals surface area contributed by atoms with E-state index in [2.05, 4.69) is 17.0 Å². The molecule has 1 aliphatic carbocycles. The van der Waals surface area contributed by atoms with E-state index >= 15 is 0 Å². The van der Waals surface area contributed by atoms with Crippen LogP contribution >= 0.6 is 23.2 Å². The Balaban J connectivity index is 1.65. The summed E-state index contributed by atoms with van der Waals surface area (Å²) >= 11 is 12.2. The van der Waals surface area contributed by atoms with E-state index in [-0.39, 0.29) is 22.2 Å². The SMILES string of the molecule is C#[N+][C@@]12C(=O)N(c3cc(Cl)cc(Cl)c3)C(=O)[C@@H]1[C@]2(Cc1ccc(C#N)cc1)c1ccc(C#N)cc1. The summed E-state index contributed by atoms with van der Waals surface area (Å²) in [5, 5.41) is 18.9. The van der Waals surface area contributed by atoms with Crippen LogP contribution in [0.1, 0.15) is 22.3 Å². The van der Waals surface area contributed by atoms with E-state index < -0.39 is 28.7 Å². The Bertz CT molecular complexity index is 1510. The van der Waals surface area contributed by atoms with Crippen molar-refractivity contribution in [1.82, 2.24) is 0 Å². The molecule has 0 N–H and O–H groups in total. The van der Waals surface area contributed by atoms with E-state index in [0.29, 0.717) is 16.7 Å². The molecule has 2 fully saturated rings. The Labute approximate surface area is 211 Å². The molecule has 35 heavy (non-hydrogen) atoms. The number of piperidine rings is 1. The van der Waals surface area contributed by atoms with Crippen LogP contribution in [0.3, 0.4) is 0 Å². The number of amides is 2. The third kappa shape index (κ3) is 3.07. The van der Waals surface area contributed by atoms with Crippen LogP contribution in [-0.4, -0.2) is 17.4 Å². The lowest BCUT2D eigenvalue weighted by molar-refractivity contribution is -0.124. The molecule has 168 valence electrons. The molecule has 0 aromatic heterocycles. The Morgan fingerprint density at radius 2 is 1.46 bits per heavy atom. The maximum Gasteiger partial charge on any atom is 0.381 e. The molecule has 6 nitrogen and oxygen atoms in total. The molecule has 0 unspecified atom stereocenters. The summed E-state index contributed by atoms with van der Waals surface area (Å²) in [7, 11) is 0. The first kappa shape index (κ1) is 22.6. The van der Waals surface area contributed by atoms with Gasteiger partial charge in [0.25, 0.3) is 6.57 Å². The normalized spacial score (nSPS) is 24.3. The Morgan fingerprint density at radius 1 is 0.914 bits per heavy atom. The highest BCUT2D eigenvalue weighted by Gasteiger charge is 2.98. The second kappa shape index (κ2) is 7.97. The largest absolute Gasteiger partial charge is 0.381 e. The molecule has 0 radical (unpaired) electrons. The van der Waals surface area contributed by atoms with E-state index in [1.54, 1.807) is 48.5 Å². The van der Waals surface area contributed by atoms with Gasteiger partial charge in [-0.3, -0.25) is 9.59 Å². The zero-order valence-corrected chi connectivity index (χ0v) is 19.6. The van der Waals surface area contributed by atoms with Crippen LogP contribution in [-0.2, 0) is 21.4 Å². The first-order valence-corrected chi connectivity index (χ1v) is 11.3. The minimum Gasteiger partial charge on any atom is -0.273 e. The summed E-state index contributed by atoms with van der Waals surface area (Å²) in [6.07, 6.45) is 0.275. The van der Waals surface area contributed by atoms with Gasteiger partial charge in [0.05, 0.1) is 29.0 Å². The van der Waals surface area contributed by atoms with Crippen LogP contribution in [0.5, 0.6) is 0 Å². The molecule has 3 aromatic carbocycles. The molecule has 2 amide bonds. The lowest BCUT2D eigenvalue weighted by Crippen LogP contribution is -2.44. The highest BCUT2D eigenvalue weighted by Crippen LogP contribution is 2.71. The Hall–Kier alpha value is -4.15. The average molecular weight is 498 g/mol. The number of benzene rings is 3. The minimum atomic E-state index is -1.54. The van der Waals surface area contributed by atoms with Crippen LogP contribution < -0.4 is 4.90 Å². The molecular weight excluding hydrogens is 483 g/mol. The number of halogens is 2. The van der Waals surface area contributed by atoms with Crippen molar-refractivity contribution in [3.63, 3.8) is 0 Å². The van der Waals surface area contributed by atoms with Crippen molar-refractivity contribution in [2.45, 2.75) is 17.4 Å². The smallest absolute Gasteiger partial charge is 0.273 e. The number of nitrogens with zero attached hydrogens (tertiary/aromatic N) is 4. The number of carbonyl (C=O) groups excluding carboxylic acids is 2. The summed E-state index contributed by atoms with van der Waals surface area (Å²) in [6.45, 7) is 5.91. The zero-order valence-electron chi connectivity index (χ0n) is 18.1. The second-order valence-electron chi connectivity index (χ2n) is 8.58. The monoisotopic (exact) mass is 497 g/mol. The van der Waals surface area contributed by atoms with Gasteiger partial charge in [-0.15, -0.1) is 0 Å². The zero-order chi connectivity index (χ0) is 25.0. The van der Waals surface area contributed by atoms with Gasteiger partial charge in [-0.2, -0.15) is 10.5 Å². The number of anilines is 1. The number of imide groups is 1. The van der Waals surface area contributed by atoms with Crippen molar-refractivity contribution in [3.05, 3.63) is 104 Å². The van der Waals surface area contributed by atoms with Crippen LogP contribution in [0.4, 0.5) is 5.69 Å².